The largest absolute Gasteiger partial charge is 0.510 e. The monoisotopic (exact) mass is 232 g/mol. The van der Waals surface area contributed by atoms with Gasteiger partial charge >= 0.3 is 5.97 Å². The van der Waals surface area contributed by atoms with Gasteiger partial charge in [0.15, 0.2) is 0 Å². The van der Waals surface area contributed by atoms with Gasteiger partial charge in [-0.2, -0.15) is 0 Å². The maximum atomic E-state index is 10.1. The first-order valence-corrected chi connectivity index (χ1v) is 4.85. The van der Waals surface area contributed by atoms with Crippen molar-refractivity contribution in [1.82, 2.24) is 0 Å². The Morgan fingerprint density at radius 2 is 2.00 bits per heavy atom. The summed E-state index contributed by atoms with van der Waals surface area (Å²) < 4.78 is 4.43. The van der Waals surface area contributed by atoms with Gasteiger partial charge in [0.05, 0.1) is 13.2 Å². The van der Waals surface area contributed by atoms with Gasteiger partial charge in [-0.05, 0) is 26.3 Å². The fraction of sp³-hybridized carbons (Fsp3) is 0.545. The van der Waals surface area contributed by atoms with Crippen LogP contribution in [0.2, 0.25) is 0 Å². The molecule has 0 aromatic rings. The van der Waals surface area contributed by atoms with Crippen molar-refractivity contribution in [3.05, 3.63) is 24.0 Å². The van der Waals surface area contributed by atoms with Crippen LogP contribution in [0.4, 0.5) is 0 Å². The highest BCUT2D eigenvalue weighted by molar-refractivity contribution is 5.81. The molecule has 0 bridgehead atoms. The summed E-state index contributed by atoms with van der Waals surface area (Å²) in [6.07, 6.45) is 0.0266. The zero-order valence-corrected chi connectivity index (χ0v) is 9.93. The van der Waals surface area contributed by atoms with E-state index in [4.69, 9.17) is 15.3 Å². The van der Waals surface area contributed by atoms with Crippen molar-refractivity contribution in [3.63, 3.8) is 0 Å². The Kier molecular flexibility index (Phi) is 10.9. The lowest BCUT2D eigenvalue weighted by Crippen LogP contribution is -2.15. The SMILES string of the molecule is C=CC(=O)OCC.CC(C)=C(O)C(O)CO. The minimum Gasteiger partial charge on any atom is -0.510 e. The van der Waals surface area contributed by atoms with E-state index in [9.17, 15) is 4.79 Å². The predicted molar refractivity (Wildman–Crippen MR) is 60.9 cm³/mol. The molecule has 0 aliphatic rings. The Labute approximate surface area is 95.7 Å². The fourth-order valence-electron chi connectivity index (χ4n) is 0.621. The summed E-state index contributed by atoms with van der Waals surface area (Å²) in [7, 11) is 0. The van der Waals surface area contributed by atoms with E-state index in [0.29, 0.717) is 12.2 Å². The van der Waals surface area contributed by atoms with Gasteiger partial charge in [-0.15, -0.1) is 0 Å². The molecule has 0 spiro atoms. The first-order valence-electron chi connectivity index (χ1n) is 4.85. The molecule has 5 nitrogen and oxygen atoms in total. The van der Waals surface area contributed by atoms with Gasteiger partial charge in [-0.1, -0.05) is 6.58 Å². The molecule has 16 heavy (non-hydrogen) atoms. The van der Waals surface area contributed by atoms with E-state index in [1.165, 1.54) is 0 Å². The van der Waals surface area contributed by atoms with Crippen LogP contribution in [0.15, 0.2) is 24.0 Å². The van der Waals surface area contributed by atoms with E-state index >= 15 is 0 Å². The summed E-state index contributed by atoms with van der Waals surface area (Å²) in [6.45, 7) is 8.27. The topological polar surface area (TPSA) is 87.0 Å². The van der Waals surface area contributed by atoms with Crippen LogP contribution in [0.5, 0.6) is 0 Å². The highest BCUT2D eigenvalue weighted by atomic mass is 16.5. The molecule has 0 heterocycles. The van der Waals surface area contributed by atoms with Crippen LogP contribution < -0.4 is 0 Å². The maximum Gasteiger partial charge on any atom is 0.330 e. The molecule has 0 aromatic carbocycles. The summed E-state index contributed by atoms with van der Waals surface area (Å²) in [6, 6.07) is 0. The Morgan fingerprint density at radius 1 is 1.50 bits per heavy atom. The summed E-state index contributed by atoms with van der Waals surface area (Å²) in [4.78, 5) is 10.1. The lowest BCUT2D eigenvalue weighted by molar-refractivity contribution is -0.137. The van der Waals surface area contributed by atoms with Crippen molar-refractivity contribution in [1.29, 1.82) is 0 Å². The molecular formula is C11H20O5. The van der Waals surface area contributed by atoms with Crippen molar-refractivity contribution < 1.29 is 24.9 Å². The molecule has 0 aliphatic heterocycles. The number of hydrogen-bond acceptors (Lipinski definition) is 5. The third-order valence-corrected chi connectivity index (χ3v) is 1.45. The van der Waals surface area contributed by atoms with E-state index in [1.54, 1.807) is 20.8 Å². The van der Waals surface area contributed by atoms with Crippen LogP contribution in [-0.2, 0) is 9.53 Å². The van der Waals surface area contributed by atoms with Crippen LogP contribution >= 0.6 is 0 Å². The van der Waals surface area contributed by atoms with Crippen molar-refractivity contribution in [3.8, 4) is 0 Å². The molecule has 0 saturated heterocycles. The molecule has 0 saturated carbocycles. The summed E-state index contributed by atoms with van der Waals surface area (Å²) in [5.41, 5.74) is 0.622. The predicted octanol–water partition coefficient (Wildman–Crippen LogP) is 0.927. The Balaban J connectivity index is 0. The Bertz CT molecular complexity index is 241. The Hall–Kier alpha value is -1.33. The highest BCUT2D eigenvalue weighted by Crippen LogP contribution is 2.03. The molecule has 3 N–H and O–H groups in total. The maximum absolute atomic E-state index is 10.1. The zero-order valence-electron chi connectivity index (χ0n) is 9.93. The Morgan fingerprint density at radius 3 is 2.12 bits per heavy atom. The summed E-state index contributed by atoms with van der Waals surface area (Å²) >= 11 is 0. The van der Waals surface area contributed by atoms with Crippen molar-refractivity contribution in [2.24, 2.45) is 0 Å². The molecular weight excluding hydrogens is 212 g/mol. The number of aliphatic hydroxyl groups is 3. The second kappa shape index (κ2) is 10.2. The van der Waals surface area contributed by atoms with Gasteiger partial charge in [-0.3, -0.25) is 0 Å². The van der Waals surface area contributed by atoms with Crippen LogP contribution in [-0.4, -0.2) is 40.6 Å². The number of aliphatic hydroxyl groups excluding tert-OH is 3. The second-order valence-electron chi connectivity index (χ2n) is 3.04. The molecule has 0 amide bonds. The van der Waals surface area contributed by atoms with E-state index in [2.05, 4.69) is 11.3 Å². The highest BCUT2D eigenvalue weighted by Gasteiger charge is 2.07. The van der Waals surface area contributed by atoms with Gasteiger partial charge in [0.1, 0.15) is 11.9 Å². The van der Waals surface area contributed by atoms with Crippen molar-refractivity contribution in [2.75, 3.05) is 13.2 Å². The number of esters is 1. The third kappa shape index (κ3) is 9.23. The quantitative estimate of drug-likeness (QED) is 0.381. The lowest BCUT2D eigenvalue weighted by Gasteiger charge is -2.06. The summed E-state index contributed by atoms with van der Waals surface area (Å²) in [5.74, 6) is -0.500. The van der Waals surface area contributed by atoms with Crippen LogP contribution in [0, 0.1) is 0 Å². The van der Waals surface area contributed by atoms with Gasteiger partial charge in [0.25, 0.3) is 0 Å². The number of carbonyl (C=O) groups excluding carboxylic acids is 1. The van der Waals surface area contributed by atoms with Crippen LogP contribution in [0.25, 0.3) is 0 Å². The average molecular weight is 232 g/mol. The van der Waals surface area contributed by atoms with Crippen LogP contribution in [0.1, 0.15) is 20.8 Å². The van der Waals surface area contributed by atoms with E-state index in [1.807, 2.05) is 0 Å². The smallest absolute Gasteiger partial charge is 0.330 e. The first kappa shape index (κ1) is 17.1. The number of allylic oxidation sites excluding steroid dienone is 1. The third-order valence-electron chi connectivity index (χ3n) is 1.45. The van der Waals surface area contributed by atoms with Crippen LogP contribution in [0.3, 0.4) is 0 Å². The summed E-state index contributed by atoms with van der Waals surface area (Å²) in [5, 5.41) is 25.9. The second-order valence-corrected chi connectivity index (χ2v) is 3.04. The molecule has 1 unspecified atom stereocenters. The van der Waals surface area contributed by atoms with Gasteiger partial charge in [-0.25, -0.2) is 4.79 Å². The van der Waals surface area contributed by atoms with Gasteiger partial charge in [0.2, 0.25) is 0 Å². The molecule has 5 heteroatoms. The molecule has 94 valence electrons. The van der Waals surface area contributed by atoms with Crippen molar-refractivity contribution in [2.45, 2.75) is 26.9 Å². The normalized spacial score (nSPS) is 10.6. The van der Waals surface area contributed by atoms with E-state index in [-0.39, 0.29) is 11.7 Å². The zero-order chi connectivity index (χ0) is 13.1. The standard InChI is InChI=1S/C6H12O3.C5H8O2/c1-4(2)6(9)5(8)3-7;1-3-5(6)7-4-2/h5,7-9H,3H2,1-2H3;3H,1,4H2,2H3. The molecule has 1 atom stereocenters. The minimum atomic E-state index is -1.12. The number of hydrogen-bond donors (Lipinski definition) is 3. The van der Waals surface area contributed by atoms with E-state index in [0.717, 1.165) is 6.08 Å². The number of carbonyl (C=O) groups is 1. The van der Waals surface area contributed by atoms with E-state index < -0.39 is 12.7 Å². The number of ether oxygens (including phenoxy) is 1. The van der Waals surface area contributed by atoms with Crippen molar-refractivity contribution >= 4 is 5.97 Å². The average Bonchev–Trinajstić information content (AvgIpc) is 2.27. The lowest BCUT2D eigenvalue weighted by atomic mass is 10.2. The molecule has 0 fully saturated rings. The number of rotatable bonds is 4. The van der Waals surface area contributed by atoms with Gasteiger partial charge < -0.3 is 20.1 Å². The molecule has 0 aromatic heterocycles. The molecule has 0 rings (SSSR count). The molecule has 0 radical (unpaired) electrons. The molecule has 0 aliphatic carbocycles. The van der Waals surface area contributed by atoms with Gasteiger partial charge in [0, 0.05) is 6.08 Å². The minimum absolute atomic E-state index is 0.141. The fourth-order valence-corrected chi connectivity index (χ4v) is 0.621. The first-order chi connectivity index (χ1) is 7.40.